The summed E-state index contributed by atoms with van der Waals surface area (Å²) in [5.74, 6) is -0.939. The molecule has 0 amide bonds. The highest BCUT2D eigenvalue weighted by atomic mass is 16.5. The van der Waals surface area contributed by atoms with Crippen LogP contribution in [0.2, 0.25) is 0 Å². The van der Waals surface area contributed by atoms with Crippen molar-refractivity contribution in [3.8, 4) is 11.1 Å². The first-order valence-electron chi connectivity index (χ1n) is 10.3. The Kier molecular flexibility index (Phi) is 5.59. The normalized spacial score (nSPS) is 13.3. The van der Waals surface area contributed by atoms with Gasteiger partial charge in [-0.1, -0.05) is 6.07 Å². The fraction of sp³-hybridized carbons (Fsp3) is 0.333. The van der Waals surface area contributed by atoms with Gasteiger partial charge >= 0.3 is 11.9 Å². The van der Waals surface area contributed by atoms with E-state index < -0.39 is 5.97 Å². The third-order valence-corrected chi connectivity index (χ3v) is 5.43. The van der Waals surface area contributed by atoms with E-state index in [0.29, 0.717) is 5.39 Å². The van der Waals surface area contributed by atoms with Gasteiger partial charge in [0.1, 0.15) is 12.2 Å². The Morgan fingerprint density at radius 2 is 1.97 bits per heavy atom. The van der Waals surface area contributed by atoms with Crippen molar-refractivity contribution < 1.29 is 19.1 Å². The number of aryl methyl sites for hydroxylation is 1. The summed E-state index contributed by atoms with van der Waals surface area (Å²) in [6, 6.07) is 5.83. The van der Waals surface area contributed by atoms with Gasteiger partial charge in [-0.15, -0.1) is 0 Å². The van der Waals surface area contributed by atoms with Crippen LogP contribution in [0.5, 0.6) is 0 Å². The van der Waals surface area contributed by atoms with Crippen LogP contribution in [0.15, 0.2) is 41.6 Å². The molecular weight excluding hydrogens is 396 g/mol. The van der Waals surface area contributed by atoms with Crippen molar-refractivity contribution in [3.05, 3.63) is 63.7 Å². The molecule has 1 aromatic carbocycles. The highest BCUT2D eigenvalue weighted by Crippen LogP contribution is 2.39. The van der Waals surface area contributed by atoms with Gasteiger partial charge in [0.15, 0.2) is 0 Å². The topological polar surface area (TPSA) is 87.5 Å². The number of nitrogens with zero attached hydrogens (tertiary/aromatic N) is 2. The summed E-state index contributed by atoms with van der Waals surface area (Å²) in [5.41, 5.74) is 4.09. The molecule has 0 N–H and O–H groups in total. The summed E-state index contributed by atoms with van der Waals surface area (Å²) in [5, 5.41) is 0.503. The van der Waals surface area contributed by atoms with Crippen LogP contribution in [-0.4, -0.2) is 28.1 Å². The first kappa shape index (κ1) is 20.8. The number of rotatable bonds is 6. The van der Waals surface area contributed by atoms with Crippen LogP contribution in [0.4, 0.5) is 0 Å². The molecule has 0 spiro atoms. The average Bonchev–Trinajstić information content (AvgIpc) is 3.58. The van der Waals surface area contributed by atoms with Crippen LogP contribution in [0.3, 0.4) is 0 Å². The van der Waals surface area contributed by atoms with Gasteiger partial charge in [0.25, 0.3) is 0 Å². The Morgan fingerprint density at radius 3 is 2.65 bits per heavy atom. The van der Waals surface area contributed by atoms with E-state index in [0.717, 1.165) is 40.6 Å². The third-order valence-electron chi connectivity index (χ3n) is 5.43. The molecule has 0 bridgehead atoms. The predicted molar refractivity (Wildman–Crippen MR) is 116 cm³/mol. The summed E-state index contributed by atoms with van der Waals surface area (Å²) in [7, 11) is 0. The van der Waals surface area contributed by atoms with Crippen molar-refractivity contribution in [1.82, 2.24) is 9.55 Å². The summed E-state index contributed by atoms with van der Waals surface area (Å²) in [4.78, 5) is 40.8. The van der Waals surface area contributed by atoms with E-state index in [4.69, 9.17) is 9.47 Å². The van der Waals surface area contributed by atoms with E-state index in [1.165, 1.54) is 6.92 Å². The summed E-state index contributed by atoms with van der Waals surface area (Å²) in [6.07, 6.45) is 7.06. The van der Waals surface area contributed by atoms with Crippen LogP contribution < -0.4 is 5.43 Å². The second-order valence-electron chi connectivity index (χ2n) is 7.73. The largest absolute Gasteiger partial charge is 0.462 e. The molecule has 1 aliphatic carbocycles. The zero-order valence-electron chi connectivity index (χ0n) is 17.8. The maximum absolute atomic E-state index is 13.1. The molecule has 2 heterocycles. The van der Waals surface area contributed by atoms with Gasteiger partial charge in [-0.25, -0.2) is 4.79 Å². The second-order valence-corrected chi connectivity index (χ2v) is 7.73. The number of carbonyl (C=O) groups is 2. The van der Waals surface area contributed by atoms with E-state index in [9.17, 15) is 14.4 Å². The van der Waals surface area contributed by atoms with Crippen molar-refractivity contribution in [1.29, 1.82) is 0 Å². The standard InChI is InChI=1S/C24H24N2O5/c1-4-30-24(29)21-12-26(18-5-6-18)22-14(2)19(7-8-20(22)23(21)28)17-9-16(10-25-11-17)13-31-15(3)27/h7-12,18H,4-6,13H2,1-3H3. The van der Waals surface area contributed by atoms with E-state index >= 15 is 0 Å². The number of carbonyl (C=O) groups excluding carboxylic acids is 2. The van der Waals surface area contributed by atoms with Crippen molar-refractivity contribution in [3.63, 3.8) is 0 Å². The summed E-state index contributed by atoms with van der Waals surface area (Å²) >= 11 is 0. The molecule has 0 atom stereocenters. The van der Waals surface area contributed by atoms with Gasteiger partial charge in [0, 0.05) is 48.1 Å². The van der Waals surface area contributed by atoms with Gasteiger partial charge < -0.3 is 14.0 Å². The molecule has 0 radical (unpaired) electrons. The molecule has 7 heteroatoms. The smallest absolute Gasteiger partial charge is 0.343 e. The van der Waals surface area contributed by atoms with Gasteiger partial charge in [-0.05, 0) is 49.9 Å². The fourth-order valence-electron chi connectivity index (χ4n) is 3.83. The molecule has 0 saturated heterocycles. The molecule has 1 aliphatic rings. The van der Waals surface area contributed by atoms with E-state index in [1.54, 1.807) is 31.6 Å². The molecule has 1 saturated carbocycles. The van der Waals surface area contributed by atoms with Crippen LogP contribution in [0.25, 0.3) is 22.0 Å². The zero-order valence-corrected chi connectivity index (χ0v) is 17.8. The molecular formula is C24H24N2O5. The number of aromatic nitrogens is 2. The van der Waals surface area contributed by atoms with Crippen LogP contribution in [0.1, 0.15) is 54.2 Å². The Morgan fingerprint density at radius 1 is 1.19 bits per heavy atom. The summed E-state index contributed by atoms with van der Waals surface area (Å²) in [6.45, 7) is 5.43. The Balaban J connectivity index is 1.86. The lowest BCUT2D eigenvalue weighted by Gasteiger charge is -2.17. The van der Waals surface area contributed by atoms with E-state index in [1.807, 2.05) is 23.6 Å². The lowest BCUT2D eigenvalue weighted by molar-refractivity contribution is -0.142. The lowest BCUT2D eigenvalue weighted by atomic mass is 9.97. The maximum atomic E-state index is 13.1. The monoisotopic (exact) mass is 420 g/mol. The number of esters is 2. The van der Waals surface area contributed by atoms with Crippen molar-refractivity contribution >= 4 is 22.8 Å². The van der Waals surface area contributed by atoms with Crippen molar-refractivity contribution in [2.24, 2.45) is 0 Å². The minimum absolute atomic E-state index is 0.0680. The number of pyridine rings is 2. The molecule has 0 aliphatic heterocycles. The molecule has 31 heavy (non-hydrogen) atoms. The minimum Gasteiger partial charge on any atom is -0.462 e. The van der Waals surface area contributed by atoms with Gasteiger partial charge in [-0.2, -0.15) is 0 Å². The molecule has 1 fully saturated rings. The number of benzene rings is 1. The van der Waals surface area contributed by atoms with Crippen molar-refractivity contribution in [2.75, 3.05) is 6.61 Å². The number of hydrogen-bond donors (Lipinski definition) is 0. The highest BCUT2D eigenvalue weighted by Gasteiger charge is 2.28. The van der Waals surface area contributed by atoms with E-state index in [-0.39, 0.29) is 36.2 Å². The average molecular weight is 420 g/mol. The molecule has 4 rings (SSSR count). The predicted octanol–water partition coefficient (Wildman–Crippen LogP) is 3.95. The zero-order chi connectivity index (χ0) is 22.1. The first-order chi connectivity index (χ1) is 14.9. The van der Waals surface area contributed by atoms with Crippen LogP contribution >= 0.6 is 0 Å². The number of ether oxygens (including phenoxy) is 2. The Hall–Kier alpha value is -3.48. The molecule has 160 valence electrons. The molecule has 3 aromatic rings. The molecule has 7 nitrogen and oxygen atoms in total. The number of fused-ring (bicyclic) bond motifs is 1. The first-order valence-corrected chi connectivity index (χ1v) is 10.3. The minimum atomic E-state index is -0.590. The van der Waals surface area contributed by atoms with Gasteiger partial charge in [0.2, 0.25) is 5.43 Å². The maximum Gasteiger partial charge on any atom is 0.343 e. The second kappa shape index (κ2) is 8.34. The van der Waals surface area contributed by atoms with E-state index in [2.05, 4.69) is 4.98 Å². The Bertz CT molecular complexity index is 1240. The van der Waals surface area contributed by atoms with Crippen LogP contribution in [-0.2, 0) is 20.9 Å². The summed E-state index contributed by atoms with van der Waals surface area (Å²) < 4.78 is 12.2. The Labute approximate surface area is 179 Å². The van der Waals surface area contributed by atoms with Gasteiger partial charge in [0.05, 0.1) is 12.1 Å². The highest BCUT2D eigenvalue weighted by molar-refractivity contribution is 5.96. The van der Waals surface area contributed by atoms with Crippen molar-refractivity contribution in [2.45, 2.75) is 46.3 Å². The lowest BCUT2D eigenvalue weighted by Crippen LogP contribution is -2.21. The SMILES string of the molecule is CCOC(=O)c1cn(C2CC2)c2c(C)c(-c3cncc(COC(C)=O)c3)ccc2c1=O. The number of hydrogen-bond acceptors (Lipinski definition) is 6. The fourth-order valence-corrected chi connectivity index (χ4v) is 3.83. The third kappa shape index (κ3) is 4.08. The quantitative estimate of drug-likeness (QED) is 0.561. The molecule has 0 unspecified atom stereocenters. The molecule has 2 aromatic heterocycles. The van der Waals surface area contributed by atoms with Crippen LogP contribution in [0, 0.1) is 6.92 Å². The van der Waals surface area contributed by atoms with Gasteiger partial charge in [-0.3, -0.25) is 14.6 Å².